The number of hydrogen-bond donors (Lipinski definition) is 0. The first-order chi connectivity index (χ1) is 16.4. The Labute approximate surface area is 201 Å². The monoisotopic (exact) mass is 488 g/mol. The van der Waals surface area contributed by atoms with Crippen LogP contribution in [0, 0.1) is 5.92 Å². The number of sulfonamides is 1. The maximum atomic E-state index is 13.2. The Morgan fingerprint density at radius 2 is 1.74 bits per heavy atom. The Morgan fingerprint density at radius 1 is 1.06 bits per heavy atom. The Hall–Kier alpha value is -2.78. The van der Waals surface area contributed by atoms with Gasteiger partial charge in [-0.25, -0.2) is 8.42 Å². The molecule has 0 spiro atoms. The summed E-state index contributed by atoms with van der Waals surface area (Å²) in [6, 6.07) is 12.5. The Balaban J connectivity index is 1.34. The number of hydrogen-bond acceptors (Lipinski definition) is 6. The van der Waals surface area contributed by atoms with Crippen LogP contribution in [0.15, 0.2) is 47.4 Å². The number of nitrogens with zero attached hydrogens (tertiary/aromatic N) is 2. The Bertz CT molecular complexity index is 1090. The molecule has 4 rings (SSSR count). The lowest BCUT2D eigenvalue weighted by Crippen LogP contribution is -2.43. The molecular weight excluding hydrogens is 456 g/mol. The molecule has 0 radical (unpaired) electrons. The van der Waals surface area contributed by atoms with Crippen LogP contribution < -0.4 is 14.2 Å². The molecule has 0 atom stereocenters. The molecule has 1 saturated heterocycles. The van der Waals surface area contributed by atoms with E-state index in [1.165, 1.54) is 10.4 Å². The largest absolute Gasteiger partial charge is 0.494 e. The number of amides is 1. The van der Waals surface area contributed by atoms with Crippen LogP contribution in [0.5, 0.6) is 17.2 Å². The van der Waals surface area contributed by atoms with Crippen LogP contribution in [0.2, 0.25) is 0 Å². The molecule has 2 aliphatic heterocycles. The van der Waals surface area contributed by atoms with Crippen LogP contribution in [0.25, 0.3) is 0 Å². The van der Waals surface area contributed by atoms with Gasteiger partial charge in [0.15, 0.2) is 11.5 Å². The van der Waals surface area contributed by atoms with Gasteiger partial charge in [0.1, 0.15) is 5.75 Å². The molecule has 2 aliphatic rings. The quantitative estimate of drug-likeness (QED) is 0.595. The van der Waals surface area contributed by atoms with Crippen LogP contribution >= 0.6 is 0 Å². The fourth-order valence-corrected chi connectivity index (χ4v) is 5.80. The molecule has 0 aromatic heterocycles. The van der Waals surface area contributed by atoms with E-state index < -0.39 is 10.0 Å². The highest BCUT2D eigenvalue weighted by atomic mass is 32.2. The van der Waals surface area contributed by atoms with Gasteiger partial charge in [0.2, 0.25) is 15.9 Å². The maximum Gasteiger partial charge on any atom is 0.243 e. The zero-order valence-corrected chi connectivity index (χ0v) is 20.6. The number of piperidine rings is 1. The van der Waals surface area contributed by atoms with Crippen LogP contribution in [0.1, 0.15) is 31.7 Å². The predicted molar refractivity (Wildman–Crippen MR) is 128 cm³/mol. The van der Waals surface area contributed by atoms with Gasteiger partial charge in [0.25, 0.3) is 0 Å². The van der Waals surface area contributed by atoms with E-state index >= 15 is 0 Å². The maximum absolute atomic E-state index is 13.2. The summed E-state index contributed by atoms with van der Waals surface area (Å²) in [5, 5.41) is 0. The zero-order chi connectivity index (χ0) is 24.1. The lowest BCUT2D eigenvalue weighted by atomic mass is 9.96. The molecule has 0 unspecified atom stereocenters. The highest BCUT2D eigenvalue weighted by Crippen LogP contribution is 2.34. The summed E-state index contributed by atoms with van der Waals surface area (Å²) in [7, 11) is -1.88. The average molecular weight is 489 g/mol. The predicted octanol–water partition coefficient (Wildman–Crippen LogP) is 3.31. The minimum absolute atomic E-state index is 0.0431. The zero-order valence-electron chi connectivity index (χ0n) is 19.7. The first kappa shape index (κ1) is 24.3. The van der Waals surface area contributed by atoms with Crippen molar-refractivity contribution in [2.75, 3.05) is 40.0 Å². The highest BCUT2D eigenvalue weighted by Gasteiger charge is 2.33. The first-order valence-corrected chi connectivity index (χ1v) is 13.2. The number of benzene rings is 2. The lowest BCUT2D eigenvalue weighted by Gasteiger charge is -2.32. The fourth-order valence-electron chi connectivity index (χ4n) is 4.32. The van der Waals surface area contributed by atoms with Crippen LogP contribution in [-0.4, -0.2) is 63.5 Å². The average Bonchev–Trinajstić information content (AvgIpc) is 3.10. The molecule has 8 nitrogen and oxygen atoms in total. The minimum atomic E-state index is -3.67. The van der Waals surface area contributed by atoms with Crippen molar-refractivity contribution in [2.45, 2.75) is 37.6 Å². The molecular formula is C25H32N2O6S. The van der Waals surface area contributed by atoms with Crippen molar-refractivity contribution in [2.24, 2.45) is 5.92 Å². The SMILES string of the molecule is CCOc1ccc(CN(C)C(=O)C2CCN(S(=O)(=O)c3ccc4c(c3)OCCCO4)CC2)cc1. The summed E-state index contributed by atoms with van der Waals surface area (Å²) in [5.41, 5.74) is 1.02. The second kappa shape index (κ2) is 10.7. The molecule has 0 aliphatic carbocycles. The third-order valence-corrected chi connectivity index (χ3v) is 8.08. The van der Waals surface area contributed by atoms with Gasteiger partial charge in [-0.05, 0) is 49.6 Å². The van der Waals surface area contributed by atoms with Crippen molar-refractivity contribution in [1.29, 1.82) is 0 Å². The van der Waals surface area contributed by atoms with Crippen molar-refractivity contribution >= 4 is 15.9 Å². The van der Waals surface area contributed by atoms with E-state index in [1.54, 1.807) is 24.1 Å². The van der Waals surface area contributed by atoms with Gasteiger partial charge in [-0.1, -0.05) is 12.1 Å². The minimum Gasteiger partial charge on any atom is -0.494 e. The molecule has 1 amide bonds. The number of rotatable bonds is 7. The number of fused-ring (bicyclic) bond motifs is 1. The standard InChI is InChI=1S/C25H32N2O6S/c1-3-31-21-7-5-19(6-8-21)18-26(2)25(28)20-11-13-27(14-12-20)34(29,30)22-9-10-23-24(17-22)33-16-4-15-32-23/h5-10,17,20H,3-4,11-16,18H2,1-2H3. The van der Waals surface area contributed by atoms with E-state index in [9.17, 15) is 13.2 Å². The normalized spacial score (nSPS) is 17.1. The molecule has 0 saturated carbocycles. The number of carbonyl (C=O) groups excluding carboxylic acids is 1. The van der Waals surface area contributed by atoms with Crippen LogP contribution in [0.3, 0.4) is 0 Å². The molecule has 0 bridgehead atoms. The second-order valence-corrected chi connectivity index (χ2v) is 10.5. The summed E-state index contributed by atoms with van der Waals surface area (Å²) in [6.07, 6.45) is 1.75. The van der Waals surface area contributed by atoms with Gasteiger partial charge in [-0.2, -0.15) is 4.31 Å². The molecule has 9 heteroatoms. The van der Waals surface area contributed by atoms with Crippen molar-refractivity contribution in [1.82, 2.24) is 9.21 Å². The van der Waals surface area contributed by atoms with Crippen molar-refractivity contribution in [3.8, 4) is 17.2 Å². The summed E-state index contributed by atoms with van der Waals surface area (Å²) in [5.74, 6) is 1.68. The van der Waals surface area contributed by atoms with Crippen LogP contribution in [0.4, 0.5) is 0 Å². The fraction of sp³-hybridized carbons (Fsp3) is 0.480. The molecule has 2 heterocycles. The van der Waals surface area contributed by atoms with Gasteiger partial charge < -0.3 is 19.1 Å². The number of carbonyl (C=O) groups is 1. The van der Waals surface area contributed by atoms with Crippen LogP contribution in [-0.2, 0) is 21.4 Å². The summed E-state index contributed by atoms with van der Waals surface area (Å²) >= 11 is 0. The first-order valence-electron chi connectivity index (χ1n) is 11.7. The van der Waals surface area contributed by atoms with E-state index in [0.29, 0.717) is 63.8 Å². The van der Waals surface area contributed by atoms with E-state index in [-0.39, 0.29) is 16.7 Å². The van der Waals surface area contributed by atoms with Gasteiger partial charge in [0.05, 0.1) is 24.7 Å². The third-order valence-electron chi connectivity index (χ3n) is 6.19. The van der Waals surface area contributed by atoms with Gasteiger partial charge in [0, 0.05) is 45.1 Å². The van der Waals surface area contributed by atoms with E-state index in [0.717, 1.165) is 17.7 Å². The molecule has 1 fully saturated rings. The molecule has 2 aromatic rings. The smallest absolute Gasteiger partial charge is 0.243 e. The molecule has 2 aromatic carbocycles. The van der Waals surface area contributed by atoms with Gasteiger partial charge in [-0.3, -0.25) is 4.79 Å². The molecule has 184 valence electrons. The van der Waals surface area contributed by atoms with Crippen molar-refractivity contribution in [3.05, 3.63) is 48.0 Å². The van der Waals surface area contributed by atoms with E-state index in [4.69, 9.17) is 14.2 Å². The van der Waals surface area contributed by atoms with E-state index in [2.05, 4.69) is 0 Å². The summed E-state index contributed by atoms with van der Waals surface area (Å²) in [4.78, 5) is 14.9. The summed E-state index contributed by atoms with van der Waals surface area (Å²) < 4.78 is 44.6. The number of ether oxygens (including phenoxy) is 3. The Morgan fingerprint density at radius 3 is 2.41 bits per heavy atom. The van der Waals surface area contributed by atoms with Gasteiger partial charge in [-0.15, -0.1) is 0 Å². The van der Waals surface area contributed by atoms with Crippen molar-refractivity contribution in [3.63, 3.8) is 0 Å². The molecule has 0 N–H and O–H groups in total. The summed E-state index contributed by atoms with van der Waals surface area (Å²) in [6.45, 7) is 4.71. The van der Waals surface area contributed by atoms with E-state index in [1.807, 2.05) is 31.2 Å². The second-order valence-electron chi connectivity index (χ2n) is 8.61. The Kier molecular flexibility index (Phi) is 7.63. The molecule has 34 heavy (non-hydrogen) atoms. The third kappa shape index (κ3) is 5.47. The van der Waals surface area contributed by atoms with Crippen molar-refractivity contribution < 1.29 is 27.4 Å². The van der Waals surface area contributed by atoms with Gasteiger partial charge >= 0.3 is 0 Å². The topological polar surface area (TPSA) is 85.4 Å². The highest BCUT2D eigenvalue weighted by molar-refractivity contribution is 7.89. The lowest BCUT2D eigenvalue weighted by molar-refractivity contribution is -0.135.